The summed E-state index contributed by atoms with van der Waals surface area (Å²) in [5.74, 6) is -0.0314. The Morgan fingerprint density at radius 3 is 2.64 bits per heavy atom. The van der Waals surface area contributed by atoms with Gasteiger partial charge >= 0.3 is 0 Å². The number of carbonyl (C=O) groups is 1. The topological polar surface area (TPSA) is 41.1 Å². The highest BCUT2D eigenvalue weighted by molar-refractivity contribution is 6.02. The second-order valence-electron chi connectivity index (χ2n) is 5.79. The van der Waals surface area contributed by atoms with Crippen molar-refractivity contribution in [2.75, 3.05) is 6.54 Å². The first-order valence-corrected chi connectivity index (χ1v) is 8.04. The van der Waals surface area contributed by atoms with E-state index in [0.29, 0.717) is 6.54 Å². The van der Waals surface area contributed by atoms with Crippen LogP contribution in [0.3, 0.4) is 0 Å². The molecule has 2 aromatic rings. The third kappa shape index (κ3) is 3.04. The molecule has 1 heterocycles. The number of hydrogen-bond acceptors (Lipinski definition) is 2. The Morgan fingerprint density at radius 1 is 1.09 bits per heavy atom. The molecule has 1 fully saturated rings. The van der Waals surface area contributed by atoms with Crippen LogP contribution in [-0.2, 0) is 11.2 Å². The monoisotopic (exact) mass is 294 g/mol. The van der Waals surface area contributed by atoms with Crippen LogP contribution in [0.4, 0.5) is 0 Å². The van der Waals surface area contributed by atoms with E-state index in [0.717, 1.165) is 17.6 Å². The van der Waals surface area contributed by atoms with Gasteiger partial charge in [-0.15, -0.1) is 0 Å². The quantitative estimate of drug-likeness (QED) is 0.653. The van der Waals surface area contributed by atoms with Crippen molar-refractivity contribution in [1.29, 1.82) is 0 Å². The van der Waals surface area contributed by atoms with Gasteiger partial charge in [-0.05, 0) is 40.8 Å². The molecule has 1 saturated heterocycles. The van der Waals surface area contributed by atoms with Gasteiger partial charge in [-0.3, -0.25) is 10.2 Å². The molecule has 0 unspecified atom stereocenters. The number of rotatable bonds is 5. The minimum atomic E-state index is -0.0314. The Hall–Kier alpha value is -2.13. The summed E-state index contributed by atoms with van der Waals surface area (Å²) >= 11 is 0. The first-order valence-electron chi connectivity index (χ1n) is 8.04. The van der Waals surface area contributed by atoms with Crippen LogP contribution >= 0.6 is 0 Å². The van der Waals surface area contributed by atoms with Crippen molar-refractivity contribution in [2.45, 2.75) is 32.6 Å². The highest BCUT2D eigenvalue weighted by Gasteiger charge is 2.16. The van der Waals surface area contributed by atoms with Crippen molar-refractivity contribution < 1.29 is 4.79 Å². The number of unbranched alkanes of at least 4 members (excludes halogenated alkanes) is 2. The highest BCUT2D eigenvalue weighted by Crippen LogP contribution is 2.26. The second kappa shape index (κ2) is 6.75. The number of benzene rings is 2. The first kappa shape index (κ1) is 14.8. The number of hydrazine groups is 1. The lowest BCUT2D eigenvalue weighted by atomic mass is 9.95. The van der Waals surface area contributed by atoms with Crippen LogP contribution in [0.5, 0.6) is 0 Å². The third-order valence-electron chi connectivity index (χ3n) is 4.20. The Balaban J connectivity index is 1.99. The summed E-state index contributed by atoms with van der Waals surface area (Å²) in [6, 6.07) is 12.8. The highest BCUT2D eigenvalue weighted by atomic mass is 16.2. The molecule has 0 saturated carbocycles. The van der Waals surface area contributed by atoms with Gasteiger partial charge in [0, 0.05) is 12.1 Å². The van der Waals surface area contributed by atoms with Crippen molar-refractivity contribution in [3.05, 3.63) is 53.1 Å². The molecule has 3 heteroatoms. The van der Waals surface area contributed by atoms with Gasteiger partial charge in [0.05, 0.1) is 0 Å². The van der Waals surface area contributed by atoms with Gasteiger partial charge in [-0.1, -0.05) is 56.2 Å². The van der Waals surface area contributed by atoms with Crippen molar-refractivity contribution >= 4 is 22.8 Å². The van der Waals surface area contributed by atoms with Crippen LogP contribution in [0.2, 0.25) is 0 Å². The summed E-state index contributed by atoms with van der Waals surface area (Å²) in [5.41, 5.74) is 8.79. The predicted octanol–water partition coefficient (Wildman–Crippen LogP) is 3.59. The van der Waals surface area contributed by atoms with E-state index in [-0.39, 0.29) is 5.91 Å². The number of carbonyl (C=O) groups excluding carboxylic acids is 1. The zero-order valence-electron chi connectivity index (χ0n) is 13.0. The number of hydrogen-bond donors (Lipinski definition) is 2. The maximum atomic E-state index is 11.7. The molecule has 0 bridgehead atoms. The van der Waals surface area contributed by atoms with Gasteiger partial charge in [-0.2, -0.15) is 0 Å². The lowest BCUT2D eigenvalue weighted by molar-refractivity contribution is -0.116. The summed E-state index contributed by atoms with van der Waals surface area (Å²) in [5, 5.41) is 2.53. The van der Waals surface area contributed by atoms with E-state index in [9.17, 15) is 4.79 Å². The molecule has 0 aromatic heterocycles. The lowest BCUT2D eigenvalue weighted by Gasteiger charge is -2.09. The third-order valence-corrected chi connectivity index (χ3v) is 4.20. The molecule has 1 amide bonds. The average Bonchev–Trinajstić information content (AvgIpc) is 2.94. The van der Waals surface area contributed by atoms with E-state index in [2.05, 4.69) is 54.2 Å². The van der Waals surface area contributed by atoms with Gasteiger partial charge in [0.2, 0.25) is 0 Å². The number of amides is 1. The fraction of sp³-hybridized carbons (Fsp3) is 0.316. The Labute approximate surface area is 131 Å². The van der Waals surface area contributed by atoms with E-state index in [1.54, 1.807) is 0 Å². The molecule has 1 aliphatic rings. The van der Waals surface area contributed by atoms with Crippen LogP contribution < -0.4 is 10.9 Å². The van der Waals surface area contributed by atoms with E-state index in [4.69, 9.17) is 0 Å². The summed E-state index contributed by atoms with van der Waals surface area (Å²) in [6.45, 7) is 2.81. The normalized spacial score (nSPS) is 16.4. The van der Waals surface area contributed by atoms with E-state index in [1.165, 1.54) is 35.6 Å². The minimum absolute atomic E-state index is 0.0314. The smallest absolute Gasteiger partial charge is 0.262 e. The zero-order chi connectivity index (χ0) is 15.4. The molecule has 0 spiro atoms. The van der Waals surface area contributed by atoms with E-state index in [1.807, 2.05) is 6.08 Å². The fourth-order valence-electron chi connectivity index (χ4n) is 2.98. The number of aryl methyl sites for hydroxylation is 1. The molecule has 2 aromatic carbocycles. The standard InChI is InChI=1S/C19H22N2O/c1-2-3-4-7-14-10-11-15(12-16-13-20-21-19(16)22)18-9-6-5-8-17(14)18/h5-6,8-12,20H,2-4,7,13H2,1H3,(H,21,22)/b16-12+. The fourth-order valence-corrected chi connectivity index (χ4v) is 2.98. The molecule has 22 heavy (non-hydrogen) atoms. The molecule has 114 valence electrons. The zero-order valence-corrected chi connectivity index (χ0v) is 13.0. The predicted molar refractivity (Wildman–Crippen MR) is 91.3 cm³/mol. The van der Waals surface area contributed by atoms with Crippen LogP contribution in [0, 0.1) is 0 Å². The van der Waals surface area contributed by atoms with Gasteiger partial charge in [-0.25, -0.2) is 5.43 Å². The SMILES string of the molecule is CCCCCc1ccc(/C=C2\CNNC2=O)c2ccccc12. The Kier molecular flexibility index (Phi) is 4.54. The summed E-state index contributed by atoms with van der Waals surface area (Å²) < 4.78 is 0. The summed E-state index contributed by atoms with van der Waals surface area (Å²) in [4.78, 5) is 11.7. The molecule has 0 radical (unpaired) electrons. The van der Waals surface area contributed by atoms with Crippen molar-refractivity contribution in [3.8, 4) is 0 Å². The average molecular weight is 294 g/mol. The van der Waals surface area contributed by atoms with Gasteiger partial charge in [0.1, 0.15) is 0 Å². The molecule has 2 N–H and O–H groups in total. The van der Waals surface area contributed by atoms with Crippen LogP contribution in [0.15, 0.2) is 42.0 Å². The minimum Gasteiger partial charge on any atom is -0.287 e. The summed E-state index contributed by atoms with van der Waals surface area (Å²) in [6.07, 6.45) is 6.85. The molecule has 3 rings (SSSR count). The maximum Gasteiger partial charge on any atom is 0.262 e. The molecule has 0 atom stereocenters. The Morgan fingerprint density at radius 2 is 1.91 bits per heavy atom. The van der Waals surface area contributed by atoms with Crippen molar-refractivity contribution in [3.63, 3.8) is 0 Å². The molecular weight excluding hydrogens is 272 g/mol. The maximum absolute atomic E-state index is 11.7. The number of fused-ring (bicyclic) bond motifs is 1. The molecule has 0 aliphatic carbocycles. The van der Waals surface area contributed by atoms with Crippen molar-refractivity contribution in [1.82, 2.24) is 10.9 Å². The van der Waals surface area contributed by atoms with Crippen LogP contribution in [0.1, 0.15) is 37.3 Å². The molecule has 3 nitrogen and oxygen atoms in total. The lowest BCUT2D eigenvalue weighted by Crippen LogP contribution is -2.25. The van der Waals surface area contributed by atoms with Gasteiger partial charge in [0.25, 0.3) is 5.91 Å². The summed E-state index contributed by atoms with van der Waals surface area (Å²) in [7, 11) is 0. The van der Waals surface area contributed by atoms with E-state index < -0.39 is 0 Å². The second-order valence-corrected chi connectivity index (χ2v) is 5.79. The van der Waals surface area contributed by atoms with Gasteiger partial charge < -0.3 is 0 Å². The van der Waals surface area contributed by atoms with Crippen LogP contribution in [-0.4, -0.2) is 12.5 Å². The van der Waals surface area contributed by atoms with Crippen molar-refractivity contribution in [2.24, 2.45) is 0 Å². The molecular formula is C19H22N2O. The first-order chi connectivity index (χ1) is 10.8. The Bertz CT molecular complexity index is 718. The van der Waals surface area contributed by atoms with E-state index >= 15 is 0 Å². The largest absolute Gasteiger partial charge is 0.287 e. The van der Waals surface area contributed by atoms with Gasteiger partial charge in [0.15, 0.2) is 0 Å². The number of nitrogens with one attached hydrogen (secondary N) is 2. The van der Waals surface area contributed by atoms with Crippen LogP contribution in [0.25, 0.3) is 16.8 Å². The molecule has 1 aliphatic heterocycles.